The van der Waals surface area contributed by atoms with Crippen LogP contribution in [0, 0.1) is 0 Å². The van der Waals surface area contributed by atoms with Crippen LogP contribution in [0.15, 0.2) is 60.7 Å². The molecule has 0 aromatic heterocycles. The quantitative estimate of drug-likeness (QED) is 0.757. The van der Waals surface area contributed by atoms with Crippen molar-refractivity contribution in [3.63, 3.8) is 0 Å². The van der Waals surface area contributed by atoms with Crippen LogP contribution in [0.5, 0.6) is 0 Å². The van der Waals surface area contributed by atoms with E-state index in [0.717, 1.165) is 0 Å². The van der Waals surface area contributed by atoms with Crippen LogP contribution in [-0.2, 0) is 4.43 Å². The molecule has 0 saturated carbocycles. The van der Waals surface area contributed by atoms with Crippen LogP contribution >= 0.6 is 0 Å². The maximum Gasteiger partial charge on any atom is 0.261 e. The van der Waals surface area contributed by atoms with Crippen LogP contribution in [0.2, 0.25) is 5.04 Å². The average Bonchev–Trinajstić information content (AvgIpc) is 2.59. The molecule has 0 bridgehead atoms. The fourth-order valence-corrected chi connectivity index (χ4v) is 7.82. The van der Waals surface area contributed by atoms with Crippen molar-refractivity contribution >= 4 is 18.7 Å². The second-order valence-electron chi connectivity index (χ2n) is 7.14. The lowest BCUT2D eigenvalue weighted by atomic mass is 10.2. The van der Waals surface area contributed by atoms with E-state index in [-0.39, 0.29) is 17.7 Å². The molecule has 1 atom stereocenters. The highest BCUT2D eigenvalue weighted by molar-refractivity contribution is 6.99. The van der Waals surface area contributed by atoms with E-state index in [0.29, 0.717) is 6.61 Å². The maximum atomic E-state index is 9.54. The Kier molecular flexibility index (Phi) is 6.35. The number of likely N-dealkylation sites (N-methyl/N-ethyl adjacent to an activating group) is 1. The zero-order valence-electron chi connectivity index (χ0n) is 15.1. The molecule has 2 aromatic rings. The second-order valence-corrected chi connectivity index (χ2v) is 11.4. The number of benzene rings is 2. The molecule has 0 radical (unpaired) electrons. The van der Waals surface area contributed by atoms with E-state index in [2.05, 4.69) is 74.6 Å². The zero-order chi connectivity index (χ0) is 17.6. The average molecular weight is 344 g/mol. The van der Waals surface area contributed by atoms with Crippen molar-refractivity contribution in [3.05, 3.63) is 60.7 Å². The molecule has 2 aromatic carbocycles. The Bertz CT molecular complexity index is 567. The molecule has 0 spiro atoms. The lowest BCUT2D eigenvalue weighted by Crippen LogP contribution is -2.67. The van der Waals surface area contributed by atoms with Gasteiger partial charge in [-0.05, 0) is 22.5 Å². The first kappa shape index (κ1) is 18.9. The summed E-state index contributed by atoms with van der Waals surface area (Å²) < 4.78 is 6.73. The molecular weight excluding hydrogens is 314 g/mol. The third kappa shape index (κ3) is 3.78. The van der Waals surface area contributed by atoms with Gasteiger partial charge < -0.3 is 14.8 Å². The van der Waals surface area contributed by atoms with Crippen molar-refractivity contribution < 1.29 is 9.53 Å². The molecule has 24 heavy (non-hydrogen) atoms. The molecule has 0 aliphatic rings. The summed E-state index contributed by atoms with van der Waals surface area (Å²) >= 11 is 0. The molecule has 4 heteroatoms. The van der Waals surface area contributed by atoms with Crippen LogP contribution in [-0.4, -0.2) is 39.7 Å². The first-order valence-corrected chi connectivity index (χ1v) is 10.4. The summed E-state index contributed by atoms with van der Waals surface area (Å²) in [6, 6.07) is 21.1. The Balaban J connectivity index is 2.57. The minimum Gasteiger partial charge on any atom is -0.406 e. The van der Waals surface area contributed by atoms with Crippen molar-refractivity contribution in [1.82, 2.24) is 5.32 Å². The second kappa shape index (κ2) is 8.08. The molecule has 0 heterocycles. The van der Waals surface area contributed by atoms with Gasteiger partial charge in [0.2, 0.25) is 0 Å². The minimum atomic E-state index is -2.50. The van der Waals surface area contributed by atoms with Gasteiger partial charge in [0.25, 0.3) is 8.32 Å². The van der Waals surface area contributed by atoms with E-state index < -0.39 is 8.32 Å². The number of hydrogen-bond acceptors (Lipinski definition) is 3. The fourth-order valence-electron chi connectivity index (χ4n) is 3.21. The van der Waals surface area contributed by atoms with Gasteiger partial charge >= 0.3 is 0 Å². The third-order valence-corrected chi connectivity index (χ3v) is 9.55. The van der Waals surface area contributed by atoms with E-state index in [4.69, 9.17) is 4.43 Å². The zero-order valence-corrected chi connectivity index (χ0v) is 16.1. The highest BCUT2D eigenvalue weighted by Gasteiger charge is 2.50. The van der Waals surface area contributed by atoms with Crippen LogP contribution in [0.3, 0.4) is 0 Å². The molecule has 0 aliphatic heterocycles. The van der Waals surface area contributed by atoms with Gasteiger partial charge in [0, 0.05) is 0 Å². The van der Waals surface area contributed by atoms with Crippen molar-refractivity contribution in [2.24, 2.45) is 0 Å². The third-order valence-electron chi connectivity index (χ3n) is 4.55. The summed E-state index contributed by atoms with van der Waals surface area (Å²) in [4.78, 5) is 0. The van der Waals surface area contributed by atoms with Crippen LogP contribution in [0.4, 0.5) is 0 Å². The van der Waals surface area contributed by atoms with Gasteiger partial charge in [0.1, 0.15) is 0 Å². The standard InChI is InChI=1S/C20H29NO2Si/c1-20(2,3)24(18-11-7-5-8-12-18,19-13-9-6-10-14-19)23-16-17(15-22)21-4/h5-14,17,21-22H,15-16H2,1-4H3. The molecule has 0 aliphatic carbocycles. The van der Waals surface area contributed by atoms with Gasteiger partial charge in [0.05, 0.1) is 19.3 Å². The van der Waals surface area contributed by atoms with Crippen molar-refractivity contribution in [2.45, 2.75) is 31.9 Å². The summed E-state index contributed by atoms with van der Waals surface area (Å²) in [6.45, 7) is 7.32. The highest BCUT2D eigenvalue weighted by atomic mass is 28.4. The van der Waals surface area contributed by atoms with E-state index in [1.165, 1.54) is 10.4 Å². The lowest BCUT2D eigenvalue weighted by molar-refractivity contribution is 0.182. The summed E-state index contributed by atoms with van der Waals surface area (Å²) in [7, 11) is -0.639. The Hall–Kier alpha value is -1.46. The molecule has 3 nitrogen and oxygen atoms in total. The van der Waals surface area contributed by atoms with E-state index in [1.54, 1.807) is 0 Å². The van der Waals surface area contributed by atoms with Crippen molar-refractivity contribution in [3.8, 4) is 0 Å². The van der Waals surface area contributed by atoms with Crippen molar-refractivity contribution in [1.29, 1.82) is 0 Å². The minimum absolute atomic E-state index is 0.0382. The normalized spacial score (nSPS) is 13.7. The Morgan fingerprint density at radius 1 is 0.958 bits per heavy atom. The molecule has 1 unspecified atom stereocenters. The number of nitrogens with one attached hydrogen (secondary N) is 1. The first-order chi connectivity index (χ1) is 11.5. The fraction of sp³-hybridized carbons (Fsp3) is 0.400. The molecule has 0 saturated heterocycles. The monoisotopic (exact) mass is 343 g/mol. The Labute approximate surface area is 146 Å². The number of aliphatic hydroxyl groups is 1. The molecule has 0 amide bonds. The maximum absolute atomic E-state index is 9.54. The summed E-state index contributed by atoms with van der Waals surface area (Å²) in [5.74, 6) is 0. The van der Waals surface area contributed by atoms with E-state index in [1.807, 2.05) is 19.2 Å². The molecule has 2 rings (SSSR count). The van der Waals surface area contributed by atoms with Crippen LogP contribution in [0.25, 0.3) is 0 Å². The summed E-state index contributed by atoms with van der Waals surface area (Å²) in [5.41, 5.74) is 0. The van der Waals surface area contributed by atoms with E-state index >= 15 is 0 Å². The van der Waals surface area contributed by atoms with Gasteiger partial charge in [-0.3, -0.25) is 0 Å². The molecule has 0 fully saturated rings. The topological polar surface area (TPSA) is 41.5 Å². The van der Waals surface area contributed by atoms with Gasteiger partial charge in [-0.25, -0.2) is 0 Å². The van der Waals surface area contributed by atoms with E-state index in [9.17, 15) is 5.11 Å². The van der Waals surface area contributed by atoms with Gasteiger partial charge in [-0.15, -0.1) is 0 Å². The van der Waals surface area contributed by atoms with Crippen LogP contribution in [0.1, 0.15) is 20.8 Å². The number of aliphatic hydroxyl groups excluding tert-OH is 1. The van der Waals surface area contributed by atoms with Crippen molar-refractivity contribution in [2.75, 3.05) is 20.3 Å². The number of hydrogen-bond donors (Lipinski definition) is 2. The van der Waals surface area contributed by atoms with Gasteiger partial charge in [-0.1, -0.05) is 81.4 Å². The summed E-state index contributed by atoms with van der Waals surface area (Å²) in [6.07, 6.45) is 0. The number of rotatable bonds is 7. The van der Waals surface area contributed by atoms with Gasteiger partial charge in [-0.2, -0.15) is 0 Å². The molecule has 2 N–H and O–H groups in total. The summed E-state index contributed by atoms with van der Waals surface area (Å²) in [5, 5.41) is 15.1. The SMILES string of the molecule is CNC(CO)CO[Si](c1ccccc1)(c1ccccc1)C(C)(C)C. The highest BCUT2D eigenvalue weighted by Crippen LogP contribution is 2.36. The van der Waals surface area contributed by atoms with Gasteiger partial charge in [0.15, 0.2) is 0 Å². The Morgan fingerprint density at radius 3 is 1.75 bits per heavy atom. The smallest absolute Gasteiger partial charge is 0.261 e. The molecular formula is C20H29NO2Si. The largest absolute Gasteiger partial charge is 0.406 e. The lowest BCUT2D eigenvalue weighted by Gasteiger charge is -2.43. The van der Waals surface area contributed by atoms with Crippen LogP contribution < -0.4 is 15.7 Å². The predicted molar refractivity (Wildman–Crippen MR) is 104 cm³/mol. The predicted octanol–water partition coefficient (Wildman–Crippen LogP) is 2.14. The Morgan fingerprint density at radius 2 is 1.42 bits per heavy atom. The first-order valence-electron chi connectivity index (χ1n) is 8.49. The molecule has 130 valence electrons.